The third kappa shape index (κ3) is 5.36. The predicted octanol–water partition coefficient (Wildman–Crippen LogP) is 3.79. The van der Waals surface area contributed by atoms with Crippen molar-refractivity contribution in [2.24, 2.45) is 0 Å². The number of nitrogens with one attached hydrogen (secondary N) is 2. The lowest BCUT2D eigenvalue weighted by Crippen LogP contribution is -2.16. The summed E-state index contributed by atoms with van der Waals surface area (Å²) in [4.78, 5) is 26.5. The van der Waals surface area contributed by atoms with Crippen LogP contribution in [-0.4, -0.2) is 48.0 Å². The number of aromatic nitrogens is 5. The smallest absolute Gasteiger partial charge is 0.277 e. The molecule has 30 heavy (non-hydrogen) atoms. The van der Waals surface area contributed by atoms with Gasteiger partial charge in [0.1, 0.15) is 17.0 Å². The second kappa shape index (κ2) is 10.0. The molecule has 1 amide bonds. The fourth-order valence-corrected chi connectivity index (χ4v) is 5.00. The average Bonchev–Trinajstić information content (AvgIpc) is 3.45. The molecule has 0 spiro atoms. The predicted molar refractivity (Wildman–Crippen MR) is 118 cm³/mol. The molecule has 1 atom stereocenters. The molecule has 0 aliphatic heterocycles. The van der Waals surface area contributed by atoms with Gasteiger partial charge in [-0.1, -0.05) is 18.2 Å². The van der Waals surface area contributed by atoms with Crippen LogP contribution >= 0.6 is 34.9 Å². The summed E-state index contributed by atoms with van der Waals surface area (Å²) in [6.07, 6.45) is 10.8. The zero-order valence-corrected chi connectivity index (χ0v) is 18.1. The number of aromatic amines is 1. The van der Waals surface area contributed by atoms with Crippen molar-refractivity contribution in [3.8, 4) is 0 Å². The Morgan fingerprint density at radius 1 is 1.37 bits per heavy atom. The van der Waals surface area contributed by atoms with Crippen LogP contribution in [0.15, 0.2) is 68.9 Å². The van der Waals surface area contributed by atoms with E-state index in [1.165, 1.54) is 29.4 Å². The van der Waals surface area contributed by atoms with Crippen molar-refractivity contribution in [3.63, 3.8) is 0 Å². The Balaban J connectivity index is 1.55. The van der Waals surface area contributed by atoms with Crippen LogP contribution in [0.4, 0.5) is 5.13 Å². The van der Waals surface area contributed by atoms with Crippen molar-refractivity contribution in [1.29, 1.82) is 0 Å². The van der Waals surface area contributed by atoms with E-state index in [-0.39, 0.29) is 17.8 Å². The lowest BCUT2D eigenvalue weighted by atomic mass is 10.0. The van der Waals surface area contributed by atoms with Gasteiger partial charge in [0, 0.05) is 28.3 Å². The molecule has 0 fully saturated rings. The molecule has 1 aliphatic rings. The van der Waals surface area contributed by atoms with E-state index in [1.54, 1.807) is 23.3 Å². The minimum Gasteiger partial charge on any atom is -0.396 e. The molecule has 0 saturated carbocycles. The maximum atomic E-state index is 12.9. The Morgan fingerprint density at radius 2 is 2.30 bits per heavy atom. The fourth-order valence-electron chi connectivity index (χ4n) is 2.74. The molecule has 0 aromatic carbocycles. The summed E-state index contributed by atoms with van der Waals surface area (Å²) in [5.41, 5.74) is 1.48. The van der Waals surface area contributed by atoms with Crippen molar-refractivity contribution in [3.05, 3.63) is 59.5 Å². The van der Waals surface area contributed by atoms with Gasteiger partial charge in [0.05, 0.1) is 0 Å². The minimum atomic E-state index is -0.302. The van der Waals surface area contributed by atoms with Crippen molar-refractivity contribution < 1.29 is 9.90 Å². The Labute approximate surface area is 185 Å². The van der Waals surface area contributed by atoms with E-state index in [0.717, 1.165) is 16.9 Å². The molecule has 154 valence electrons. The van der Waals surface area contributed by atoms with Crippen LogP contribution < -0.4 is 5.32 Å². The van der Waals surface area contributed by atoms with E-state index in [0.29, 0.717) is 27.4 Å². The number of hydrogen-bond donors (Lipinski definition) is 3. The lowest BCUT2D eigenvalue weighted by molar-refractivity contribution is 0.101. The Morgan fingerprint density at radius 3 is 3.00 bits per heavy atom. The zero-order valence-electron chi connectivity index (χ0n) is 15.7. The third-order valence-electron chi connectivity index (χ3n) is 4.11. The number of carbonyl (C=O) groups excluding carboxylic acids is 1. The molecule has 1 aliphatic carbocycles. The highest BCUT2D eigenvalue weighted by Crippen LogP contribution is 2.34. The summed E-state index contributed by atoms with van der Waals surface area (Å²) < 4.78 is 0. The van der Waals surface area contributed by atoms with Crippen molar-refractivity contribution in [1.82, 2.24) is 25.1 Å². The van der Waals surface area contributed by atoms with E-state index in [4.69, 9.17) is 5.11 Å². The highest BCUT2D eigenvalue weighted by molar-refractivity contribution is 8.00. The van der Waals surface area contributed by atoms with Gasteiger partial charge in [0.25, 0.3) is 5.91 Å². The van der Waals surface area contributed by atoms with E-state index in [1.807, 2.05) is 18.2 Å². The zero-order chi connectivity index (χ0) is 20.8. The fraction of sp³-hybridized carbons (Fsp3) is 0.211. The molecular weight excluding hydrogens is 440 g/mol. The van der Waals surface area contributed by atoms with Gasteiger partial charge >= 0.3 is 0 Å². The first-order chi connectivity index (χ1) is 14.7. The number of amides is 1. The number of hydrogen-bond acceptors (Lipinski definition) is 9. The Bertz CT molecular complexity index is 1050. The van der Waals surface area contributed by atoms with Crippen LogP contribution in [0.1, 0.15) is 23.3 Å². The number of H-pyrrole nitrogens is 1. The lowest BCUT2D eigenvalue weighted by Gasteiger charge is -2.17. The summed E-state index contributed by atoms with van der Waals surface area (Å²) >= 11 is 4.25. The van der Waals surface area contributed by atoms with Crippen LogP contribution in [0, 0.1) is 0 Å². The van der Waals surface area contributed by atoms with Crippen LogP contribution in [0.3, 0.4) is 0 Å². The Kier molecular flexibility index (Phi) is 6.95. The normalized spacial score (nSPS) is 15.8. The number of aliphatic hydroxyl groups excluding tert-OH is 1. The first kappa shape index (κ1) is 20.8. The van der Waals surface area contributed by atoms with Crippen LogP contribution in [0.5, 0.6) is 0 Å². The van der Waals surface area contributed by atoms with Gasteiger partial charge in [0.2, 0.25) is 0 Å². The highest BCUT2D eigenvalue weighted by atomic mass is 32.2. The quantitative estimate of drug-likeness (QED) is 0.467. The van der Waals surface area contributed by atoms with E-state index >= 15 is 0 Å². The summed E-state index contributed by atoms with van der Waals surface area (Å²) in [7, 11) is 0. The van der Waals surface area contributed by atoms with Crippen molar-refractivity contribution in [2.75, 3.05) is 11.9 Å². The number of rotatable bonds is 8. The maximum Gasteiger partial charge on any atom is 0.277 e. The monoisotopic (exact) mass is 458 g/mol. The molecule has 8 nitrogen and oxygen atoms in total. The summed E-state index contributed by atoms with van der Waals surface area (Å²) in [5, 5.41) is 22.3. The van der Waals surface area contributed by atoms with E-state index in [2.05, 4.69) is 42.6 Å². The number of nitrogens with zero attached hydrogens (tertiary/aromatic N) is 4. The summed E-state index contributed by atoms with van der Waals surface area (Å²) in [5.74, 6) is -0.302. The SMILES string of the molecule is O=C(Nc1nccs1)c1nc(Sc2ncn[nH]2)ccc1SC1C=CC(CCO)=CC1. The van der Waals surface area contributed by atoms with Crippen LogP contribution in [0.2, 0.25) is 0 Å². The second-order valence-corrected chi connectivity index (χ2v) is 9.37. The number of aliphatic hydroxyl groups is 1. The molecule has 11 heteroatoms. The Hall–Kier alpha value is -2.47. The molecule has 1 unspecified atom stereocenters. The van der Waals surface area contributed by atoms with E-state index < -0.39 is 0 Å². The highest BCUT2D eigenvalue weighted by Gasteiger charge is 2.20. The molecule has 3 aromatic rings. The topological polar surface area (TPSA) is 117 Å². The molecule has 0 bridgehead atoms. The van der Waals surface area contributed by atoms with Gasteiger partial charge in [-0.15, -0.1) is 23.1 Å². The number of pyridine rings is 1. The van der Waals surface area contributed by atoms with Gasteiger partial charge in [-0.2, -0.15) is 5.10 Å². The number of carbonyl (C=O) groups is 1. The molecule has 4 rings (SSSR count). The summed E-state index contributed by atoms with van der Waals surface area (Å²) in [6, 6.07) is 3.78. The van der Waals surface area contributed by atoms with E-state index in [9.17, 15) is 4.79 Å². The standard InChI is InChI=1S/C19H18N6O2S3/c26-9-7-12-1-3-13(4-2-12)29-14-5-6-15(30-19-21-11-22-25-19)23-16(14)17(27)24-18-20-8-10-28-18/h1-3,5-6,8,10-11,13,26H,4,7,9H2,(H,20,24,27)(H,21,22,25). The second-order valence-electron chi connectivity index (χ2n) is 6.18. The molecule has 0 saturated heterocycles. The van der Waals surface area contributed by atoms with Gasteiger partial charge < -0.3 is 5.11 Å². The van der Waals surface area contributed by atoms with Gasteiger partial charge in [-0.25, -0.2) is 15.0 Å². The van der Waals surface area contributed by atoms with Gasteiger partial charge in [-0.05, 0) is 42.3 Å². The van der Waals surface area contributed by atoms with Crippen molar-refractivity contribution >= 4 is 45.9 Å². The number of anilines is 1. The van der Waals surface area contributed by atoms with Crippen LogP contribution in [-0.2, 0) is 0 Å². The van der Waals surface area contributed by atoms with Crippen molar-refractivity contribution in [2.45, 2.75) is 33.2 Å². The molecule has 0 radical (unpaired) electrons. The number of allylic oxidation sites excluding steroid dienone is 2. The van der Waals surface area contributed by atoms with Crippen LogP contribution in [0.25, 0.3) is 0 Å². The largest absolute Gasteiger partial charge is 0.396 e. The molecular formula is C19H18N6O2S3. The maximum absolute atomic E-state index is 12.9. The molecule has 3 N–H and O–H groups in total. The van der Waals surface area contributed by atoms with Gasteiger partial charge in [-0.3, -0.25) is 15.2 Å². The number of thiazole rings is 1. The third-order valence-corrected chi connectivity index (χ3v) is 6.86. The first-order valence-electron chi connectivity index (χ1n) is 9.11. The minimum absolute atomic E-state index is 0.142. The molecule has 3 heterocycles. The average molecular weight is 459 g/mol. The van der Waals surface area contributed by atoms with Gasteiger partial charge in [0.15, 0.2) is 10.3 Å². The molecule has 3 aromatic heterocycles. The number of thioether (sulfide) groups is 1. The first-order valence-corrected chi connectivity index (χ1v) is 11.7. The summed E-state index contributed by atoms with van der Waals surface area (Å²) in [6.45, 7) is 0.142.